The number of nitrogens with one attached hydrogen (secondary N) is 1. The van der Waals surface area contributed by atoms with Crippen LogP contribution in [0.2, 0.25) is 0 Å². The van der Waals surface area contributed by atoms with E-state index in [1.165, 1.54) is 0 Å². The van der Waals surface area contributed by atoms with Crippen molar-refractivity contribution in [3.8, 4) is 0 Å². The number of ketones is 1. The second kappa shape index (κ2) is 5.10. The molecule has 16 heavy (non-hydrogen) atoms. The molecule has 0 saturated heterocycles. The molecule has 1 fully saturated rings. The highest BCUT2D eigenvalue weighted by molar-refractivity contribution is 6.03. The molecule has 1 aliphatic heterocycles. The lowest BCUT2D eigenvalue weighted by molar-refractivity contribution is -0.119. The van der Waals surface area contributed by atoms with Crippen molar-refractivity contribution in [1.82, 2.24) is 5.32 Å². The molecule has 3 heteroatoms. The SMILES string of the molecule is CC/C=C\C=C1/CN=C(CC(=O)C2CC2)N1. The quantitative estimate of drug-likeness (QED) is 0.768. The monoisotopic (exact) mass is 218 g/mol. The van der Waals surface area contributed by atoms with Gasteiger partial charge in [0.1, 0.15) is 11.6 Å². The van der Waals surface area contributed by atoms with Crippen molar-refractivity contribution < 1.29 is 4.79 Å². The first-order valence-corrected chi connectivity index (χ1v) is 5.98. The zero-order chi connectivity index (χ0) is 11.4. The van der Waals surface area contributed by atoms with Crippen molar-refractivity contribution >= 4 is 11.6 Å². The van der Waals surface area contributed by atoms with Gasteiger partial charge in [0.2, 0.25) is 0 Å². The van der Waals surface area contributed by atoms with E-state index in [-0.39, 0.29) is 0 Å². The van der Waals surface area contributed by atoms with E-state index in [9.17, 15) is 4.79 Å². The summed E-state index contributed by atoms with van der Waals surface area (Å²) in [6, 6.07) is 0. The molecule has 86 valence electrons. The van der Waals surface area contributed by atoms with Gasteiger partial charge in [-0.15, -0.1) is 0 Å². The number of nitrogens with zero attached hydrogens (tertiary/aromatic N) is 1. The summed E-state index contributed by atoms with van der Waals surface area (Å²) in [5, 5.41) is 3.20. The van der Waals surface area contributed by atoms with Crippen molar-refractivity contribution in [2.45, 2.75) is 32.6 Å². The Labute approximate surface area is 96.3 Å². The zero-order valence-electron chi connectivity index (χ0n) is 9.70. The van der Waals surface area contributed by atoms with Crippen LogP contribution in [0, 0.1) is 5.92 Å². The lowest BCUT2D eigenvalue weighted by atomic mass is 10.2. The minimum atomic E-state index is 0.331. The predicted octanol–water partition coefficient (Wildman–Crippen LogP) is 2.21. The molecule has 0 radical (unpaired) electrons. The van der Waals surface area contributed by atoms with Gasteiger partial charge >= 0.3 is 0 Å². The molecule has 0 spiro atoms. The van der Waals surface area contributed by atoms with Crippen LogP contribution in [-0.2, 0) is 4.79 Å². The molecule has 0 unspecified atom stereocenters. The molecule has 0 bridgehead atoms. The Morgan fingerprint density at radius 3 is 3.06 bits per heavy atom. The number of allylic oxidation sites excluding steroid dienone is 3. The Morgan fingerprint density at radius 1 is 1.56 bits per heavy atom. The standard InChI is InChI=1S/C13H18N2O/c1-2-3-4-5-11-9-14-13(15-11)8-12(16)10-6-7-10/h3-5,10H,2,6-9H2,1H3,(H,14,15)/b4-3-,11-5+. The molecule has 1 N–H and O–H groups in total. The predicted molar refractivity (Wildman–Crippen MR) is 65.3 cm³/mol. The number of hydrogen-bond acceptors (Lipinski definition) is 3. The van der Waals surface area contributed by atoms with E-state index in [1.54, 1.807) is 0 Å². The fourth-order valence-corrected chi connectivity index (χ4v) is 1.67. The maximum atomic E-state index is 11.6. The molecule has 2 rings (SSSR count). The summed E-state index contributed by atoms with van der Waals surface area (Å²) < 4.78 is 0. The van der Waals surface area contributed by atoms with Gasteiger partial charge in [0.15, 0.2) is 0 Å². The van der Waals surface area contributed by atoms with Gasteiger partial charge in [0.05, 0.1) is 13.0 Å². The molecule has 1 saturated carbocycles. The minimum Gasteiger partial charge on any atom is -0.346 e. The van der Waals surface area contributed by atoms with Crippen LogP contribution in [0.15, 0.2) is 28.9 Å². The van der Waals surface area contributed by atoms with E-state index >= 15 is 0 Å². The smallest absolute Gasteiger partial charge is 0.143 e. The summed E-state index contributed by atoms with van der Waals surface area (Å²) in [6.07, 6.45) is 9.84. The normalized spacial score (nSPS) is 22.6. The van der Waals surface area contributed by atoms with Gasteiger partial charge in [-0.2, -0.15) is 0 Å². The van der Waals surface area contributed by atoms with Crippen molar-refractivity contribution in [1.29, 1.82) is 0 Å². The molecule has 2 aliphatic rings. The van der Waals surface area contributed by atoms with Gasteiger partial charge in [0.25, 0.3) is 0 Å². The number of amidine groups is 1. The third-order valence-corrected chi connectivity index (χ3v) is 2.79. The highest BCUT2D eigenvalue weighted by atomic mass is 16.1. The summed E-state index contributed by atoms with van der Waals surface area (Å²) in [4.78, 5) is 15.9. The van der Waals surface area contributed by atoms with Crippen molar-refractivity contribution in [3.05, 3.63) is 23.9 Å². The highest BCUT2D eigenvalue weighted by Crippen LogP contribution is 2.31. The summed E-state index contributed by atoms with van der Waals surface area (Å²) in [6.45, 7) is 2.79. The maximum absolute atomic E-state index is 11.6. The average molecular weight is 218 g/mol. The summed E-state index contributed by atoms with van der Waals surface area (Å²) >= 11 is 0. The molecule has 1 heterocycles. The molecule has 1 aliphatic carbocycles. The van der Waals surface area contributed by atoms with Crippen LogP contribution in [0.3, 0.4) is 0 Å². The Bertz CT molecular complexity index is 362. The summed E-state index contributed by atoms with van der Waals surface area (Å²) in [5.74, 6) is 1.52. The van der Waals surface area contributed by atoms with Crippen LogP contribution >= 0.6 is 0 Å². The average Bonchev–Trinajstić information content (AvgIpc) is 3.03. The first kappa shape index (κ1) is 11.1. The molecule has 0 atom stereocenters. The first-order valence-electron chi connectivity index (χ1n) is 5.98. The van der Waals surface area contributed by atoms with E-state index in [0.717, 1.165) is 30.8 Å². The number of aliphatic imine (C=N–C) groups is 1. The van der Waals surface area contributed by atoms with Crippen LogP contribution in [0.4, 0.5) is 0 Å². The van der Waals surface area contributed by atoms with E-state index in [2.05, 4.69) is 23.3 Å². The van der Waals surface area contributed by atoms with Gasteiger partial charge < -0.3 is 5.32 Å². The van der Waals surface area contributed by atoms with E-state index in [4.69, 9.17) is 0 Å². The van der Waals surface area contributed by atoms with Crippen LogP contribution in [0.5, 0.6) is 0 Å². The summed E-state index contributed by atoms with van der Waals surface area (Å²) in [5.41, 5.74) is 1.09. The number of carbonyl (C=O) groups is 1. The molecule has 0 aromatic heterocycles. The van der Waals surface area contributed by atoms with Crippen LogP contribution in [0.25, 0.3) is 0 Å². The van der Waals surface area contributed by atoms with Crippen molar-refractivity contribution in [3.63, 3.8) is 0 Å². The molecular formula is C13H18N2O. The van der Waals surface area contributed by atoms with Crippen LogP contribution in [0.1, 0.15) is 32.6 Å². The Kier molecular flexibility index (Phi) is 3.54. The zero-order valence-corrected chi connectivity index (χ0v) is 9.70. The van der Waals surface area contributed by atoms with Gasteiger partial charge in [0, 0.05) is 11.6 Å². The van der Waals surface area contributed by atoms with Gasteiger partial charge in [-0.3, -0.25) is 9.79 Å². The number of hydrogen-bond donors (Lipinski definition) is 1. The molecule has 0 aromatic rings. The van der Waals surface area contributed by atoms with E-state index in [0.29, 0.717) is 24.7 Å². The van der Waals surface area contributed by atoms with Crippen LogP contribution < -0.4 is 5.32 Å². The Balaban J connectivity index is 1.79. The second-order valence-corrected chi connectivity index (χ2v) is 4.33. The number of Topliss-reactive ketones (excluding diaryl/α,β-unsaturated/α-hetero) is 1. The molecule has 3 nitrogen and oxygen atoms in total. The van der Waals surface area contributed by atoms with Crippen LogP contribution in [-0.4, -0.2) is 18.2 Å². The van der Waals surface area contributed by atoms with E-state index in [1.807, 2.05) is 12.2 Å². The van der Waals surface area contributed by atoms with Gasteiger partial charge in [-0.25, -0.2) is 0 Å². The Morgan fingerprint density at radius 2 is 2.38 bits per heavy atom. The fraction of sp³-hybridized carbons (Fsp3) is 0.538. The molecule has 0 amide bonds. The number of carbonyl (C=O) groups excluding carboxylic acids is 1. The lowest BCUT2D eigenvalue weighted by Gasteiger charge is -2.01. The van der Waals surface area contributed by atoms with E-state index < -0.39 is 0 Å². The van der Waals surface area contributed by atoms with Crippen molar-refractivity contribution in [2.75, 3.05) is 6.54 Å². The van der Waals surface area contributed by atoms with Gasteiger partial charge in [-0.05, 0) is 25.3 Å². The fourth-order valence-electron chi connectivity index (χ4n) is 1.67. The topological polar surface area (TPSA) is 41.5 Å². The molecule has 0 aromatic carbocycles. The summed E-state index contributed by atoms with van der Waals surface area (Å²) in [7, 11) is 0. The minimum absolute atomic E-state index is 0.331. The first-order chi connectivity index (χ1) is 7.79. The third-order valence-electron chi connectivity index (χ3n) is 2.79. The van der Waals surface area contributed by atoms with Gasteiger partial charge in [-0.1, -0.05) is 19.1 Å². The Hall–Kier alpha value is -1.38. The number of rotatable bonds is 5. The third kappa shape index (κ3) is 3.05. The maximum Gasteiger partial charge on any atom is 0.143 e. The lowest BCUT2D eigenvalue weighted by Crippen LogP contribution is -2.21. The highest BCUT2D eigenvalue weighted by Gasteiger charge is 2.30. The molecular weight excluding hydrogens is 200 g/mol. The van der Waals surface area contributed by atoms with Crippen molar-refractivity contribution in [2.24, 2.45) is 10.9 Å². The largest absolute Gasteiger partial charge is 0.346 e. The second-order valence-electron chi connectivity index (χ2n) is 4.33.